The van der Waals surface area contributed by atoms with Crippen LogP contribution in [0.2, 0.25) is 0 Å². The molecule has 0 heteroatoms. The topological polar surface area (TPSA) is 0 Å². The molecule has 0 aromatic heterocycles. The number of hydrogen-bond donors (Lipinski definition) is 0. The summed E-state index contributed by atoms with van der Waals surface area (Å²) in [6.45, 7) is 2.30. The van der Waals surface area contributed by atoms with E-state index in [2.05, 4.69) is 25.1 Å². The Kier molecular flexibility index (Phi) is 1.26. The van der Waals surface area contributed by atoms with Crippen molar-refractivity contribution in [2.75, 3.05) is 0 Å². The normalized spacial score (nSPS) is 17.3. The second-order valence-corrected chi connectivity index (χ2v) is 3.19. The zero-order valence-corrected chi connectivity index (χ0v) is 6.22. The molecule has 0 spiro atoms. The Morgan fingerprint density at radius 2 is 2.40 bits per heavy atom. The van der Waals surface area contributed by atoms with E-state index in [0.717, 1.165) is 5.92 Å². The highest BCUT2D eigenvalue weighted by molar-refractivity contribution is 5.30. The maximum atomic E-state index is 3.28. The molecule has 1 aromatic rings. The Bertz CT molecular complexity index is 213. The number of fused-ring (bicyclic) bond motifs is 1. The molecule has 1 unspecified atom stereocenters. The third kappa shape index (κ3) is 0.841. The van der Waals surface area contributed by atoms with Crippen LogP contribution in [-0.2, 0) is 12.8 Å². The molecule has 1 aliphatic rings. The van der Waals surface area contributed by atoms with Gasteiger partial charge in [-0.15, -0.1) is 0 Å². The van der Waals surface area contributed by atoms with Crippen LogP contribution in [0.25, 0.3) is 0 Å². The highest BCUT2D eigenvalue weighted by Crippen LogP contribution is 2.24. The lowest BCUT2D eigenvalue weighted by molar-refractivity contribution is 0.627. The van der Waals surface area contributed by atoms with Crippen LogP contribution in [0.1, 0.15) is 18.1 Å². The molecule has 0 nitrogen and oxygen atoms in total. The molecule has 0 N–H and O–H groups in total. The van der Waals surface area contributed by atoms with Gasteiger partial charge in [0.2, 0.25) is 0 Å². The minimum absolute atomic E-state index is 0.841. The number of rotatable bonds is 0. The van der Waals surface area contributed by atoms with Crippen molar-refractivity contribution in [2.45, 2.75) is 19.8 Å². The van der Waals surface area contributed by atoms with Gasteiger partial charge >= 0.3 is 0 Å². The molecule has 1 radical (unpaired) electrons. The summed E-state index contributed by atoms with van der Waals surface area (Å²) in [6.07, 6.45) is 2.49. The van der Waals surface area contributed by atoms with E-state index in [1.54, 1.807) is 0 Å². The van der Waals surface area contributed by atoms with Crippen molar-refractivity contribution in [3.8, 4) is 0 Å². The second kappa shape index (κ2) is 2.12. The lowest BCUT2D eigenvalue weighted by Crippen LogP contribution is -1.89. The molecule has 1 atom stereocenters. The van der Waals surface area contributed by atoms with Gasteiger partial charge in [-0.2, -0.15) is 0 Å². The molecule has 0 aliphatic heterocycles. The summed E-state index contributed by atoms with van der Waals surface area (Å²) >= 11 is 0. The van der Waals surface area contributed by atoms with Crippen LogP contribution >= 0.6 is 0 Å². The first-order chi connectivity index (χ1) is 4.86. The fraction of sp³-hybridized carbons (Fsp3) is 0.400. The summed E-state index contributed by atoms with van der Waals surface area (Å²) in [5.74, 6) is 0.841. The fourth-order valence-electron chi connectivity index (χ4n) is 1.68. The third-order valence-electron chi connectivity index (χ3n) is 2.16. The lowest BCUT2D eigenvalue weighted by Gasteiger charge is -1.93. The van der Waals surface area contributed by atoms with E-state index in [1.807, 2.05) is 6.07 Å². The summed E-state index contributed by atoms with van der Waals surface area (Å²) in [5, 5.41) is 0. The van der Waals surface area contributed by atoms with Crippen molar-refractivity contribution in [3.05, 3.63) is 35.4 Å². The molecule has 2 rings (SSSR count). The SMILES string of the molecule is CC1Cc2[c]cccc2C1. The first-order valence-corrected chi connectivity index (χ1v) is 3.84. The van der Waals surface area contributed by atoms with E-state index in [1.165, 1.54) is 24.0 Å². The molecule has 51 valence electrons. The van der Waals surface area contributed by atoms with Gasteiger partial charge in [-0.25, -0.2) is 0 Å². The van der Waals surface area contributed by atoms with E-state index in [0.29, 0.717) is 0 Å². The average molecular weight is 131 g/mol. The zero-order chi connectivity index (χ0) is 6.97. The lowest BCUT2D eigenvalue weighted by atomic mass is 10.1. The van der Waals surface area contributed by atoms with Gasteiger partial charge in [0.15, 0.2) is 0 Å². The Morgan fingerprint density at radius 3 is 3.20 bits per heavy atom. The van der Waals surface area contributed by atoms with Crippen molar-refractivity contribution >= 4 is 0 Å². The predicted molar refractivity (Wildman–Crippen MR) is 41.9 cm³/mol. The van der Waals surface area contributed by atoms with Crippen molar-refractivity contribution in [2.24, 2.45) is 5.92 Å². The van der Waals surface area contributed by atoms with Gasteiger partial charge in [0, 0.05) is 0 Å². The van der Waals surface area contributed by atoms with Gasteiger partial charge in [0.1, 0.15) is 0 Å². The standard InChI is InChI=1S/C10H11/c1-8-6-9-4-2-3-5-10(9)7-8/h2-4,8H,6-7H2,1H3. The summed E-state index contributed by atoms with van der Waals surface area (Å²) in [4.78, 5) is 0. The van der Waals surface area contributed by atoms with Crippen LogP contribution < -0.4 is 0 Å². The van der Waals surface area contributed by atoms with Crippen LogP contribution in [0.5, 0.6) is 0 Å². The summed E-state index contributed by atoms with van der Waals surface area (Å²) in [6, 6.07) is 9.59. The predicted octanol–water partition coefficient (Wildman–Crippen LogP) is 2.22. The highest BCUT2D eigenvalue weighted by Gasteiger charge is 2.15. The molecular formula is C10H11. The molecular weight excluding hydrogens is 120 g/mol. The van der Waals surface area contributed by atoms with Crippen LogP contribution in [-0.4, -0.2) is 0 Å². The minimum atomic E-state index is 0.841. The van der Waals surface area contributed by atoms with E-state index < -0.39 is 0 Å². The smallest absolute Gasteiger partial charge is 0.0146 e. The maximum absolute atomic E-state index is 3.28. The first kappa shape index (κ1) is 5.96. The van der Waals surface area contributed by atoms with Crippen LogP contribution in [0, 0.1) is 12.0 Å². The van der Waals surface area contributed by atoms with E-state index >= 15 is 0 Å². The summed E-state index contributed by atoms with van der Waals surface area (Å²) < 4.78 is 0. The second-order valence-electron chi connectivity index (χ2n) is 3.19. The minimum Gasteiger partial charge on any atom is -0.0619 e. The largest absolute Gasteiger partial charge is 0.0619 e. The summed E-state index contributed by atoms with van der Waals surface area (Å²) in [5.41, 5.74) is 2.95. The molecule has 10 heavy (non-hydrogen) atoms. The molecule has 1 aromatic carbocycles. The quantitative estimate of drug-likeness (QED) is 0.506. The molecule has 0 saturated carbocycles. The van der Waals surface area contributed by atoms with Gasteiger partial charge in [-0.3, -0.25) is 0 Å². The highest BCUT2D eigenvalue weighted by atomic mass is 14.2. The van der Waals surface area contributed by atoms with E-state index in [-0.39, 0.29) is 0 Å². The number of hydrogen-bond acceptors (Lipinski definition) is 0. The van der Waals surface area contributed by atoms with Crippen molar-refractivity contribution in [3.63, 3.8) is 0 Å². The molecule has 0 bridgehead atoms. The van der Waals surface area contributed by atoms with Crippen LogP contribution in [0.4, 0.5) is 0 Å². The monoisotopic (exact) mass is 131 g/mol. The van der Waals surface area contributed by atoms with Crippen LogP contribution in [0.3, 0.4) is 0 Å². The molecule has 0 heterocycles. The van der Waals surface area contributed by atoms with Gasteiger partial charge in [0.25, 0.3) is 0 Å². The Hall–Kier alpha value is -0.780. The summed E-state index contributed by atoms with van der Waals surface area (Å²) in [7, 11) is 0. The Balaban J connectivity index is 2.42. The van der Waals surface area contributed by atoms with Crippen LogP contribution in [0.15, 0.2) is 18.2 Å². The van der Waals surface area contributed by atoms with Crippen molar-refractivity contribution < 1.29 is 0 Å². The average Bonchev–Trinajstić information content (AvgIpc) is 2.27. The van der Waals surface area contributed by atoms with Gasteiger partial charge < -0.3 is 0 Å². The maximum Gasteiger partial charge on any atom is -0.0146 e. The fourth-order valence-corrected chi connectivity index (χ4v) is 1.68. The Labute approximate surface area is 61.9 Å². The zero-order valence-electron chi connectivity index (χ0n) is 6.22. The Morgan fingerprint density at radius 1 is 1.50 bits per heavy atom. The van der Waals surface area contributed by atoms with Gasteiger partial charge in [-0.1, -0.05) is 25.1 Å². The number of benzene rings is 1. The molecule has 1 aliphatic carbocycles. The van der Waals surface area contributed by atoms with E-state index in [9.17, 15) is 0 Å². The molecule has 0 saturated heterocycles. The van der Waals surface area contributed by atoms with Crippen molar-refractivity contribution in [1.82, 2.24) is 0 Å². The van der Waals surface area contributed by atoms with E-state index in [4.69, 9.17) is 0 Å². The van der Waals surface area contributed by atoms with Gasteiger partial charge in [-0.05, 0) is 36.0 Å². The molecule has 0 amide bonds. The third-order valence-corrected chi connectivity index (χ3v) is 2.16. The van der Waals surface area contributed by atoms with Crippen molar-refractivity contribution in [1.29, 1.82) is 0 Å². The molecule has 0 fully saturated rings. The van der Waals surface area contributed by atoms with Gasteiger partial charge in [0.05, 0.1) is 0 Å². The first-order valence-electron chi connectivity index (χ1n) is 3.84.